The van der Waals surface area contributed by atoms with Crippen LogP contribution in [0.15, 0.2) is 42.5 Å². The van der Waals surface area contributed by atoms with E-state index in [1.165, 1.54) is 6.42 Å². The lowest BCUT2D eigenvalue weighted by atomic mass is 10.1. The predicted molar refractivity (Wildman–Crippen MR) is 109 cm³/mol. The Kier molecular flexibility index (Phi) is 5.74. The van der Waals surface area contributed by atoms with Gasteiger partial charge in [0.15, 0.2) is 11.5 Å². The first-order chi connectivity index (χ1) is 13.7. The Bertz CT molecular complexity index is 857. The van der Waals surface area contributed by atoms with E-state index in [0.29, 0.717) is 29.7 Å². The Morgan fingerprint density at radius 1 is 1.21 bits per heavy atom. The number of likely N-dealkylation sites (tertiary alicyclic amines) is 1. The number of carbonyl (C=O) groups is 1. The van der Waals surface area contributed by atoms with Crippen LogP contribution in [-0.2, 0) is 6.54 Å². The van der Waals surface area contributed by atoms with Gasteiger partial charge in [0.1, 0.15) is 0 Å². The van der Waals surface area contributed by atoms with Gasteiger partial charge in [-0.25, -0.2) is 0 Å². The maximum absolute atomic E-state index is 13.4. The molecule has 1 saturated heterocycles. The van der Waals surface area contributed by atoms with E-state index in [1.807, 2.05) is 35.2 Å². The normalized spacial score (nSPS) is 18.4. The molecule has 2 heterocycles. The third-order valence-electron chi connectivity index (χ3n) is 5.54. The van der Waals surface area contributed by atoms with Crippen molar-refractivity contribution in [1.29, 1.82) is 0 Å². The van der Waals surface area contributed by atoms with Gasteiger partial charge in [-0.3, -0.25) is 9.69 Å². The van der Waals surface area contributed by atoms with E-state index >= 15 is 0 Å². The third kappa shape index (κ3) is 3.96. The SMILES string of the molecule is CCN1CCC[C@H]1CN(Cc1ccc2c(c1)OCO2)C(=O)c1ccccc1Cl. The van der Waals surface area contributed by atoms with Gasteiger partial charge in [0.2, 0.25) is 6.79 Å². The second-order valence-corrected chi connectivity index (χ2v) is 7.68. The van der Waals surface area contributed by atoms with Crippen LogP contribution in [0.25, 0.3) is 0 Å². The Balaban J connectivity index is 1.59. The van der Waals surface area contributed by atoms with E-state index in [9.17, 15) is 4.79 Å². The van der Waals surface area contributed by atoms with E-state index in [1.54, 1.807) is 12.1 Å². The summed E-state index contributed by atoms with van der Waals surface area (Å²) in [5, 5.41) is 0.488. The number of fused-ring (bicyclic) bond motifs is 1. The molecule has 28 heavy (non-hydrogen) atoms. The van der Waals surface area contributed by atoms with Crippen molar-refractivity contribution >= 4 is 17.5 Å². The van der Waals surface area contributed by atoms with Gasteiger partial charge < -0.3 is 14.4 Å². The molecule has 2 aliphatic rings. The summed E-state index contributed by atoms with van der Waals surface area (Å²) in [6, 6.07) is 13.5. The number of nitrogens with zero attached hydrogens (tertiary/aromatic N) is 2. The number of halogens is 1. The van der Waals surface area contributed by atoms with Crippen molar-refractivity contribution in [2.45, 2.75) is 32.4 Å². The van der Waals surface area contributed by atoms with E-state index < -0.39 is 0 Å². The van der Waals surface area contributed by atoms with Crippen molar-refractivity contribution in [2.24, 2.45) is 0 Å². The lowest BCUT2D eigenvalue weighted by molar-refractivity contribution is 0.0692. The van der Waals surface area contributed by atoms with Crippen LogP contribution in [0.2, 0.25) is 5.02 Å². The summed E-state index contributed by atoms with van der Waals surface area (Å²) in [6.45, 7) is 5.72. The molecular weight excluding hydrogens is 376 g/mol. The zero-order chi connectivity index (χ0) is 19.5. The number of amides is 1. The van der Waals surface area contributed by atoms with Gasteiger partial charge in [-0.05, 0) is 55.8 Å². The molecule has 0 radical (unpaired) electrons. The van der Waals surface area contributed by atoms with Gasteiger partial charge >= 0.3 is 0 Å². The molecule has 2 aromatic rings. The molecule has 0 aliphatic carbocycles. The number of benzene rings is 2. The summed E-state index contributed by atoms with van der Waals surface area (Å²) in [4.78, 5) is 17.7. The smallest absolute Gasteiger partial charge is 0.255 e. The molecule has 0 N–H and O–H groups in total. The number of rotatable bonds is 6. The van der Waals surface area contributed by atoms with E-state index in [-0.39, 0.29) is 12.7 Å². The number of hydrogen-bond acceptors (Lipinski definition) is 4. The molecule has 0 saturated carbocycles. The lowest BCUT2D eigenvalue weighted by Crippen LogP contribution is -2.42. The Hall–Kier alpha value is -2.24. The molecule has 0 spiro atoms. The van der Waals surface area contributed by atoms with Gasteiger partial charge in [-0.2, -0.15) is 0 Å². The molecule has 1 fully saturated rings. The highest BCUT2D eigenvalue weighted by molar-refractivity contribution is 6.33. The topological polar surface area (TPSA) is 42.0 Å². The van der Waals surface area contributed by atoms with E-state index in [0.717, 1.165) is 36.6 Å². The highest BCUT2D eigenvalue weighted by Gasteiger charge is 2.28. The van der Waals surface area contributed by atoms with Crippen LogP contribution in [-0.4, -0.2) is 48.2 Å². The maximum atomic E-state index is 13.4. The maximum Gasteiger partial charge on any atom is 0.255 e. The lowest BCUT2D eigenvalue weighted by Gasteiger charge is -2.31. The Morgan fingerprint density at radius 3 is 2.86 bits per heavy atom. The molecule has 2 aromatic carbocycles. The van der Waals surface area contributed by atoms with Crippen molar-refractivity contribution in [3.8, 4) is 11.5 Å². The predicted octanol–water partition coefficient (Wildman–Crippen LogP) is 4.20. The van der Waals surface area contributed by atoms with Gasteiger partial charge in [0.25, 0.3) is 5.91 Å². The monoisotopic (exact) mass is 400 g/mol. The Morgan fingerprint density at radius 2 is 2.04 bits per heavy atom. The van der Waals surface area contributed by atoms with Crippen molar-refractivity contribution in [3.63, 3.8) is 0 Å². The van der Waals surface area contributed by atoms with Crippen LogP contribution in [0.5, 0.6) is 11.5 Å². The van der Waals surface area contributed by atoms with Crippen molar-refractivity contribution in [3.05, 3.63) is 58.6 Å². The minimum Gasteiger partial charge on any atom is -0.454 e. The van der Waals surface area contributed by atoms with E-state index in [4.69, 9.17) is 21.1 Å². The average Bonchev–Trinajstić information content (AvgIpc) is 3.35. The molecule has 1 amide bonds. The summed E-state index contributed by atoms with van der Waals surface area (Å²) >= 11 is 6.32. The van der Waals surface area contributed by atoms with Crippen molar-refractivity contribution < 1.29 is 14.3 Å². The fourth-order valence-electron chi connectivity index (χ4n) is 4.06. The number of likely N-dealkylation sites (N-methyl/N-ethyl adjacent to an activating group) is 1. The largest absolute Gasteiger partial charge is 0.454 e. The molecule has 5 nitrogen and oxygen atoms in total. The van der Waals surface area contributed by atoms with Crippen LogP contribution < -0.4 is 9.47 Å². The third-order valence-corrected chi connectivity index (χ3v) is 5.87. The second-order valence-electron chi connectivity index (χ2n) is 7.28. The summed E-state index contributed by atoms with van der Waals surface area (Å²) in [5.41, 5.74) is 1.57. The first kappa shape index (κ1) is 19.1. The summed E-state index contributed by atoms with van der Waals surface area (Å²) in [7, 11) is 0. The van der Waals surface area contributed by atoms with Crippen molar-refractivity contribution in [1.82, 2.24) is 9.80 Å². The van der Waals surface area contributed by atoms with Crippen LogP contribution in [0.3, 0.4) is 0 Å². The number of carbonyl (C=O) groups excluding carboxylic acids is 1. The average molecular weight is 401 g/mol. The van der Waals surface area contributed by atoms with Crippen LogP contribution in [0, 0.1) is 0 Å². The van der Waals surface area contributed by atoms with Crippen LogP contribution in [0.4, 0.5) is 0 Å². The van der Waals surface area contributed by atoms with Crippen LogP contribution >= 0.6 is 11.6 Å². The molecule has 0 aromatic heterocycles. The van der Waals surface area contributed by atoms with Gasteiger partial charge in [-0.1, -0.05) is 36.7 Å². The zero-order valence-corrected chi connectivity index (χ0v) is 16.8. The minimum atomic E-state index is -0.0359. The zero-order valence-electron chi connectivity index (χ0n) is 16.1. The molecule has 0 unspecified atom stereocenters. The van der Waals surface area contributed by atoms with Gasteiger partial charge in [0.05, 0.1) is 10.6 Å². The summed E-state index contributed by atoms with van der Waals surface area (Å²) in [6.07, 6.45) is 2.29. The van der Waals surface area contributed by atoms with E-state index in [2.05, 4.69) is 11.8 Å². The molecule has 4 rings (SSSR count). The number of ether oxygens (including phenoxy) is 2. The molecule has 2 aliphatic heterocycles. The fourth-order valence-corrected chi connectivity index (χ4v) is 4.27. The minimum absolute atomic E-state index is 0.0359. The molecule has 6 heteroatoms. The standard InChI is InChI=1S/C22H25ClN2O3/c1-2-24-11-5-6-17(24)14-25(22(26)18-7-3-4-8-19(18)23)13-16-9-10-20-21(12-16)28-15-27-20/h3-4,7-10,12,17H,2,5-6,11,13-15H2,1H3/t17-/m0/s1. The first-order valence-corrected chi connectivity index (χ1v) is 10.2. The van der Waals surface area contributed by atoms with Crippen LogP contribution in [0.1, 0.15) is 35.7 Å². The highest BCUT2D eigenvalue weighted by atomic mass is 35.5. The first-order valence-electron chi connectivity index (χ1n) is 9.82. The fraction of sp³-hybridized carbons (Fsp3) is 0.409. The van der Waals surface area contributed by atoms with Crippen molar-refractivity contribution in [2.75, 3.05) is 26.4 Å². The molecule has 1 atom stereocenters. The summed E-state index contributed by atoms with van der Waals surface area (Å²) < 4.78 is 10.9. The molecular formula is C22H25ClN2O3. The second kappa shape index (κ2) is 8.41. The number of hydrogen-bond donors (Lipinski definition) is 0. The highest BCUT2D eigenvalue weighted by Crippen LogP contribution is 2.33. The van der Waals surface area contributed by atoms with Gasteiger partial charge in [0, 0.05) is 19.1 Å². The quantitative estimate of drug-likeness (QED) is 0.729. The Labute approximate surface area is 170 Å². The molecule has 148 valence electrons. The molecule has 0 bridgehead atoms. The summed E-state index contributed by atoms with van der Waals surface area (Å²) in [5.74, 6) is 1.45. The van der Waals surface area contributed by atoms with Gasteiger partial charge in [-0.15, -0.1) is 0 Å².